The van der Waals surface area contributed by atoms with Gasteiger partial charge < -0.3 is 9.47 Å². The Morgan fingerprint density at radius 3 is 2.60 bits per heavy atom. The molecule has 1 aromatic heterocycles. The molecule has 0 N–H and O–H groups in total. The predicted molar refractivity (Wildman–Crippen MR) is 69.8 cm³/mol. The van der Waals surface area contributed by atoms with Gasteiger partial charge in [0.2, 0.25) is 5.60 Å². The normalized spacial score (nSPS) is 33.9. The van der Waals surface area contributed by atoms with Gasteiger partial charge >= 0.3 is 11.9 Å². The highest BCUT2D eigenvalue weighted by atomic mass is 16.6. The highest BCUT2D eigenvalue weighted by Gasteiger charge is 2.76. The lowest BCUT2D eigenvalue weighted by Gasteiger charge is -2.34. The van der Waals surface area contributed by atoms with Gasteiger partial charge in [-0.05, 0) is 31.9 Å². The van der Waals surface area contributed by atoms with Crippen LogP contribution in [0.15, 0.2) is 24.5 Å². The number of esters is 2. The van der Waals surface area contributed by atoms with Crippen LogP contribution < -0.4 is 4.74 Å². The quantitative estimate of drug-likeness (QED) is 0.773. The van der Waals surface area contributed by atoms with Gasteiger partial charge in [0.1, 0.15) is 5.75 Å². The molecule has 0 unspecified atom stereocenters. The van der Waals surface area contributed by atoms with Crippen LogP contribution in [0.2, 0.25) is 0 Å². The summed E-state index contributed by atoms with van der Waals surface area (Å²) >= 11 is 0. The van der Waals surface area contributed by atoms with E-state index >= 15 is 0 Å². The molecule has 20 heavy (non-hydrogen) atoms. The van der Waals surface area contributed by atoms with Crippen molar-refractivity contribution in [3.8, 4) is 5.75 Å². The Balaban J connectivity index is 1.94. The first-order valence-corrected chi connectivity index (χ1v) is 6.69. The average Bonchev–Trinajstić information content (AvgIpc) is 2.70. The van der Waals surface area contributed by atoms with Crippen LogP contribution in [0.4, 0.5) is 0 Å². The third kappa shape index (κ3) is 1.35. The van der Waals surface area contributed by atoms with Gasteiger partial charge in [-0.1, -0.05) is 13.8 Å². The Morgan fingerprint density at radius 1 is 1.35 bits per heavy atom. The highest BCUT2D eigenvalue weighted by Crippen LogP contribution is 2.65. The average molecular weight is 275 g/mol. The van der Waals surface area contributed by atoms with Crippen LogP contribution in [-0.2, 0) is 14.3 Å². The Bertz CT molecular complexity index is 583. The first-order valence-electron chi connectivity index (χ1n) is 6.69. The molecule has 2 atom stereocenters. The second kappa shape index (κ2) is 3.81. The maximum absolute atomic E-state index is 12.6. The van der Waals surface area contributed by atoms with Crippen LogP contribution in [0, 0.1) is 10.8 Å². The molecule has 3 rings (SSSR count). The summed E-state index contributed by atoms with van der Waals surface area (Å²) in [6.45, 7) is 5.66. The first kappa shape index (κ1) is 13.1. The van der Waals surface area contributed by atoms with E-state index in [0.29, 0.717) is 18.6 Å². The molecule has 0 amide bonds. The van der Waals surface area contributed by atoms with E-state index < -0.39 is 22.4 Å². The second-order valence-corrected chi connectivity index (χ2v) is 6.25. The summed E-state index contributed by atoms with van der Waals surface area (Å²) < 4.78 is 10.8. The van der Waals surface area contributed by atoms with E-state index in [2.05, 4.69) is 4.98 Å². The number of hydrogen-bond acceptors (Lipinski definition) is 5. The molecule has 2 fully saturated rings. The van der Waals surface area contributed by atoms with E-state index in [1.807, 2.05) is 20.8 Å². The maximum atomic E-state index is 12.6. The van der Waals surface area contributed by atoms with Crippen molar-refractivity contribution in [1.82, 2.24) is 4.98 Å². The SMILES string of the molecule is CC1(C)[C@@]2(C)CC[C@@]1(C(=O)Oc1cccnc1)OC2=O. The van der Waals surface area contributed by atoms with Gasteiger partial charge in [0.05, 0.1) is 11.6 Å². The lowest BCUT2D eigenvalue weighted by atomic mass is 9.66. The minimum atomic E-state index is -1.19. The molecule has 0 aromatic carbocycles. The van der Waals surface area contributed by atoms with Crippen molar-refractivity contribution in [2.24, 2.45) is 10.8 Å². The van der Waals surface area contributed by atoms with Crippen molar-refractivity contribution in [2.75, 3.05) is 0 Å². The van der Waals surface area contributed by atoms with E-state index in [0.717, 1.165) is 0 Å². The summed E-state index contributed by atoms with van der Waals surface area (Å²) in [6, 6.07) is 3.34. The number of pyridine rings is 1. The number of carbonyl (C=O) groups excluding carboxylic acids is 2. The molecule has 106 valence electrons. The maximum Gasteiger partial charge on any atom is 0.356 e. The third-order valence-electron chi connectivity index (χ3n) is 5.26. The summed E-state index contributed by atoms with van der Waals surface area (Å²) in [7, 11) is 0. The fourth-order valence-electron chi connectivity index (χ4n) is 3.30. The van der Waals surface area contributed by atoms with Gasteiger partial charge in [0.15, 0.2) is 0 Å². The topological polar surface area (TPSA) is 65.5 Å². The van der Waals surface area contributed by atoms with E-state index in [-0.39, 0.29) is 5.97 Å². The van der Waals surface area contributed by atoms with E-state index in [1.54, 1.807) is 18.3 Å². The van der Waals surface area contributed by atoms with Crippen molar-refractivity contribution in [3.63, 3.8) is 0 Å². The van der Waals surface area contributed by atoms with Crippen molar-refractivity contribution >= 4 is 11.9 Å². The van der Waals surface area contributed by atoms with Crippen molar-refractivity contribution < 1.29 is 19.1 Å². The second-order valence-electron chi connectivity index (χ2n) is 6.25. The number of ether oxygens (including phenoxy) is 2. The van der Waals surface area contributed by atoms with Gasteiger partial charge in [-0.3, -0.25) is 9.78 Å². The smallest absolute Gasteiger partial charge is 0.356 e. The fraction of sp³-hybridized carbons (Fsp3) is 0.533. The minimum absolute atomic E-state index is 0.308. The summed E-state index contributed by atoms with van der Waals surface area (Å²) in [5.74, 6) is -0.457. The molecule has 0 radical (unpaired) electrons. The van der Waals surface area contributed by atoms with Gasteiger partial charge in [0, 0.05) is 11.6 Å². The van der Waals surface area contributed by atoms with Crippen molar-refractivity contribution in [3.05, 3.63) is 24.5 Å². The molecule has 1 aliphatic heterocycles. The summed E-state index contributed by atoms with van der Waals surface area (Å²) in [6.07, 6.45) is 4.20. The number of aromatic nitrogens is 1. The molecule has 5 nitrogen and oxygen atoms in total. The zero-order valence-corrected chi connectivity index (χ0v) is 11.8. The van der Waals surface area contributed by atoms with Gasteiger partial charge in [-0.25, -0.2) is 4.79 Å². The summed E-state index contributed by atoms with van der Waals surface area (Å²) in [5, 5.41) is 0. The Morgan fingerprint density at radius 2 is 2.10 bits per heavy atom. The molecule has 2 bridgehead atoms. The zero-order valence-electron chi connectivity index (χ0n) is 11.8. The number of rotatable bonds is 2. The molecule has 1 saturated heterocycles. The molecule has 1 aliphatic carbocycles. The zero-order chi connectivity index (χ0) is 14.6. The van der Waals surface area contributed by atoms with Crippen molar-refractivity contribution in [1.29, 1.82) is 0 Å². The lowest BCUT2D eigenvalue weighted by molar-refractivity contribution is -0.176. The lowest BCUT2D eigenvalue weighted by Crippen LogP contribution is -2.50. The molecule has 2 heterocycles. The summed E-state index contributed by atoms with van der Waals surface area (Å²) in [5.41, 5.74) is -2.40. The Kier molecular flexibility index (Phi) is 2.49. The van der Waals surface area contributed by atoms with E-state index in [1.165, 1.54) is 6.20 Å². The molecular formula is C15H17NO4. The molecule has 2 aliphatic rings. The largest absolute Gasteiger partial charge is 0.446 e. The number of nitrogens with zero attached hydrogens (tertiary/aromatic N) is 1. The highest BCUT2D eigenvalue weighted by molar-refractivity contribution is 5.94. The molecular weight excluding hydrogens is 258 g/mol. The van der Waals surface area contributed by atoms with Crippen molar-refractivity contribution in [2.45, 2.75) is 39.2 Å². The number of fused-ring (bicyclic) bond motifs is 2. The van der Waals surface area contributed by atoms with E-state index in [4.69, 9.17) is 9.47 Å². The molecule has 0 spiro atoms. The molecule has 1 aromatic rings. The van der Waals surface area contributed by atoms with Crippen LogP contribution in [0.1, 0.15) is 33.6 Å². The Hall–Kier alpha value is -1.91. The van der Waals surface area contributed by atoms with Crippen LogP contribution in [0.3, 0.4) is 0 Å². The minimum Gasteiger partial charge on any atom is -0.446 e. The fourth-order valence-corrected chi connectivity index (χ4v) is 3.30. The van der Waals surface area contributed by atoms with Crippen LogP contribution in [-0.4, -0.2) is 22.5 Å². The van der Waals surface area contributed by atoms with Gasteiger partial charge in [-0.15, -0.1) is 0 Å². The summed E-state index contributed by atoms with van der Waals surface area (Å²) in [4.78, 5) is 28.6. The number of carbonyl (C=O) groups is 2. The monoisotopic (exact) mass is 275 g/mol. The van der Waals surface area contributed by atoms with Crippen LogP contribution in [0.25, 0.3) is 0 Å². The molecule has 5 heteroatoms. The Labute approximate surface area is 117 Å². The van der Waals surface area contributed by atoms with Crippen LogP contribution in [0.5, 0.6) is 5.75 Å². The third-order valence-corrected chi connectivity index (χ3v) is 5.26. The number of hydrogen-bond donors (Lipinski definition) is 0. The van der Waals surface area contributed by atoms with Gasteiger partial charge in [-0.2, -0.15) is 0 Å². The molecule has 1 saturated carbocycles. The predicted octanol–water partition coefficient (Wildman–Crippen LogP) is 2.11. The van der Waals surface area contributed by atoms with Crippen LogP contribution >= 0.6 is 0 Å². The first-order chi connectivity index (χ1) is 9.33. The standard InChI is InChI=1S/C15H17NO4/c1-13(2)14(3)6-7-15(13,20-11(14)17)12(18)19-10-5-4-8-16-9-10/h4-5,8-9H,6-7H2,1-3H3/t14-,15-/m0/s1. The van der Waals surface area contributed by atoms with E-state index in [9.17, 15) is 9.59 Å². The van der Waals surface area contributed by atoms with Gasteiger partial charge in [0.25, 0.3) is 0 Å².